The van der Waals surface area contributed by atoms with Gasteiger partial charge < -0.3 is 4.74 Å². The summed E-state index contributed by atoms with van der Waals surface area (Å²) in [6, 6.07) is 18.2. The van der Waals surface area contributed by atoms with E-state index in [-0.39, 0.29) is 6.61 Å². The van der Waals surface area contributed by atoms with Gasteiger partial charge in [0.05, 0.1) is 16.9 Å². The topological polar surface area (TPSA) is 46.5 Å². The molecular weight excluding hydrogens is 508 g/mol. The first kappa shape index (κ1) is 22.9. The van der Waals surface area contributed by atoms with Crippen molar-refractivity contribution in [3.8, 4) is 17.0 Å². The minimum absolute atomic E-state index is 0.289. The fraction of sp³-hybridized carbons (Fsp3) is 0.0435. The van der Waals surface area contributed by atoms with Crippen molar-refractivity contribution in [1.29, 1.82) is 0 Å². The van der Waals surface area contributed by atoms with Gasteiger partial charge in [0.25, 0.3) is 0 Å². The average Bonchev–Trinajstić information content (AvgIpc) is 3.23. The first-order valence-corrected chi connectivity index (χ1v) is 11.7. The van der Waals surface area contributed by atoms with Crippen molar-refractivity contribution in [1.82, 2.24) is 4.98 Å². The second kappa shape index (κ2) is 10.6. The molecular formula is C23H15Cl4N3OS. The van der Waals surface area contributed by atoms with Gasteiger partial charge >= 0.3 is 0 Å². The number of ether oxygens (including phenoxy) is 1. The minimum Gasteiger partial charge on any atom is -0.489 e. The van der Waals surface area contributed by atoms with E-state index < -0.39 is 0 Å². The van der Waals surface area contributed by atoms with E-state index >= 15 is 0 Å². The molecule has 0 saturated carbocycles. The summed E-state index contributed by atoms with van der Waals surface area (Å²) < 4.78 is 5.79. The van der Waals surface area contributed by atoms with Gasteiger partial charge in [-0.1, -0.05) is 52.5 Å². The van der Waals surface area contributed by atoms with Gasteiger partial charge in [-0.3, -0.25) is 5.43 Å². The maximum Gasteiger partial charge on any atom is 0.203 e. The van der Waals surface area contributed by atoms with Crippen LogP contribution in [0.15, 0.2) is 71.1 Å². The van der Waals surface area contributed by atoms with Crippen LogP contribution >= 0.6 is 57.7 Å². The fourth-order valence-electron chi connectivity index (χ4n) is 2.78. The molecule has 0 unspecified atom stereocenters. The molecule has 0 aliphatic heterocycles. The molecule has 0 amide bonds. The van der Waals surface area contributed by atoms with E-state index in [0.717, 1.165) is 22.4 Å². The van der Waals surface area contributed by atoms with Crippen LogP contribution in [0, 0.1) is 0 Å². The highest BCUT2D eigenvalue weighted by molar-refractivity contribution is 7.14. The SMILES string of the molecule is Clc1ccc(-c2csc(N/N=C\c3ccc(OCc4c(Cl)cccc4Cl)cc3)n2)c(Cl)c1. The Kier molecular flexibility index (Phi) is 7.55. The Morgan fingerprint density at radius 1 is 0.938 bits per heavy atom. The van der Waals surface area contributed by atoms with Crippen molar-refractivity contribution in [2.75, 3.05) is 5.43 Å². The van der Waals surface area contributed by atoms with Gasteiger partial charge in [-0.15, -0.1) is 11.3 Å². The highest BCUT2D eigenvalue weighted by Crippen LogP contribution is 2.32. The number of aromatic nitrogens is 1. The summed E-state index contributed by atoms with van der Waals surface area (Å²) >= 11 is 26.0. The van der Waals surface area contributed by atoms with E-state index in [1.807, 2.05) is 35.7 Å². The molecule has 4 nitrogen and oxygen atoms in total. The number of nitrogens with one attached hydrogen (secondary N) is 1. The molecule has 0 radical (unpaired) electrons. The standard InChI is InChI=1S/C23H15Cl4N3OS/c24-15-6-9-17(21(27)10-15)22-13-32-23(29-22)30-28-11-14-4-7-16(8-5-14)31-12-18-19(25)2-1-3-20(18)26/h1-11,13H,12H2,(H,29,30)/b28-11-. The lowest BCUT2D eigenvalue weighted by Crippen LogP contribution is -1.97. The molecule has 4 rings (SSSR count). The van der Waals surface area contributed by atoms with Crippen LogP contribution < -0.4 is 10.2 Å². The van der Waals surface area contributed by atoms with Gasteiger partial charge in [-0.05, 0) is 60.2 Å². The summed E-state index contributed by atoms with van der Waals surface area (Å²) in [6.07, 6.45) is 1.70. The number of nitrogens with zero attached hydrogens (tertiary/aromatic N) is 2. The smallest absolute Gasteiger partial charge is 0.203 e. The van der Waals surface area contributed by atoms with E-state index in [1.54, 1.807) is 36.5 Å². The molecule has 162 valence electrons. The van der Waals surface area contributed by atoms with Crippen LogP contribution in [0.2, 0.25) is 20.1 Å². The zero-order valence-electron chi connectivity index (χ0n) is 16.4. The lowest BCUT2D eigenvalue weighted by Gasteiger charge is -2.09. The minimum atomic E-state index is 0.289. The van der Waals surface area contributed by atoms with Gasteiger partial charge in [0.2, 0.25) is 5.13 Å². The molecule has 0 bridgehead atoms. The first-order chi connectivity index (χ1) is 15.5. The third kappa shape index (κ3) is 5.74. The number of halogens is 4. The molecule has 1 aromatic heterocycles. The fourth-order valence-corrected chi connectivity index (χ4v) is 4.46. The monoisotopic (exact) mass is 521 g/mol. The number of hydrazone groups is 1. The lowest BCUT2D eigenvalue weighted by atomic mass is 10.2. The summed E-state index contributed by atoms with van der Waals surface area (Å²) in [4.78, 5) is 4.51. The summed E-state index contributed by atoms with van der Waals surface area (Å²) in [5, 5.41) is 9.10. The van der Waals surface area contributed by atoms with Crippen molar-refractivity contribution in [2.24, 2.45) is 5.10 Å². The molecule has 32 heavy (non-hydrogen) atoms. The Morgan fingerprint density at radius 3 is 2.41 bits per heavy atom. The summed E-state index contributed by atoms with van der Waals surface area (Å²) in [7, 11) is 0. The quantitative estimate of drug-likeness (QED) is 0.195. The molecule has 1 N–H and O–H groups in total. The van der Waals surface area contributed by atoms with Gasteiger partial charge in [0.1, 0.15) is 12.4 Å². The van der Waals surface area contributed by atoms with Gasteiger partial charge in [0.15, 0.2) is 0 Å². The second-order valence-electron chi connectivity index (χ2n) is 6.59. The first-order valence-electron chi connectivity index (χ1n) is 9.35. The molecule has 0 saturated heterocycles. The Balaban J connectivity index is 1.34. The van der Waals surface area contributed by atoms with Crippen LogP contribution in [0.5, 0.6) is 5.75 Å². The molecule has 0 fully saturated rings. The number of anilines is 1. The van der Waals surface area contributed by atoms with Gasteiger partial charge in [-0.25, -0.2) is 4.98 Å². The summed E-state index contributed by atoms with van der Waals surface area (Å²) in [5.41, 5.74) is 6.17. The third-order valence-corrected chi connectivity index (χ3v) is 6.41. The van der Waals surface area contributed by atoms with Crippen molar-refractivity contribution < 1.29 is 4.74 Å². The number of hydrogen-bond acceptors (Lipinski definition) is 5. The van der Waals surface area contributed by atoms with Crippen LogP contribution in [0.25, 0.3) is 11.3 Å². The third-order valence-electron chi connectivity index (χ3n) is 4.41. The number of thiazole rings is 1. The summed E-state index contributed by atoms with van der Waals surface area (Å²) in [5.74, 6) is 0.704. The number of benzene rings is 3. The Bertz CT molecular complexity index is 1240. The molecule has 0 spiro atoms. The van der Waals surface area contributed by atoms with Crippen molar-refractivity contribution >= 4 is 69.1 Å². The van der Waals surface area contributed by atoms with Crippen molar-refractivity contribution in [3.63, 3.8) is 0 Å². The maximum absolute atomic E-state index is 6.25. The average molecular weight is 523 g/mol. The zero-order valence-corrected chi connectivity index (χ0v) is 20.2. The highest BCUT2D eigenvalue weighted by Gasteiger charge is 2.09. The Labute approximate surface area is 209 Å². The maximum atomic E-state index is 6.25. The molecule has 4 aromatic rings. The predicted molar refractivity (Wildman–Crippen MR) is 136 cm³/mol. The molecule has 0 aliphatic rings. The van der Waals surface area contributed by atoms with Crippen molar-refractivity contribution in [3.05, 3.63) is 97.3 Å². The van der Waals surface area contributed by atoms with Gasteiger partial charge in [-0.2, -0.15) is 5.10 Å². The number of hydrogen-bond donors (Lipinski definition) is 1. The summed E-state index contributed by atoms with van der Waals surface area (Å²) in [6.45, 7) is 0.289. The molecule has 3 aromatic carbocycles. The molecule has 0 aliphatic carbocycles. The van der Waals surface area contributed by atoms with E-state index in [9.17, 15) is 0 Å². The molecule has 9 heteroatoms. The van der Waals surface area contributed by atoms with Crippen LogP contribution in [0.4, 0.5) is 5.13 Å². The van der Waals surface area contributed by atoms with E-state index in [4.69, 9.17) is 51.1 Å². The highest BCUT2D eigenvalue weighted by atomic mass is 35.5. The van der Waals surface area contributed by atoms with Crippen LogP contribution in [-0.4, -0.2) is 11.2 Å². The molecule has 0 atom stereocenters. The van der Waals surface area contributed by atoms with E-state index in [0.29, 0.717) is 31.0 Å². The van der Waals surface area contributed by atoms with E-state index in [2.05, 4.69) is 15.5 Å². The molecule has 1 heterocycles. The predicted octanol–water partition coefficient (Wildman–Crippen LogP) is 8.45. The number of rotatable bonds is 7. The van der Waals surface area contributed by atoms with Crippen molar-refractivity contribution in [2.45, 2.75) is 6.61 Å². The Hall–Kier alpha value is -2.28. The second-order valence-corrected chi connectivity index (χ2v) is 9.11. The normalized spacial score (nSPS) is 11.1. The largest absolute Gasteiger partial charge is 0.489 e. The van der Waals surface area contributed by atoms with E-state index in [1.165, 1.54) is 11.3 Å². The van der Waals surface area contributed by atoms with Crippen LogP contribution in [0.1, 0.15) is 11.1 Å². The van der Waals surface area contributed by atoms with Crippen LogP contribution in [-0.2, 0) is 6.61 Å². The lowest BCUT2D eigenvalue weighted by molar-refractivity contribution is 0.306. The van der Waals surface area contributed by atoms with Crippen LogP contribution in [0.3, 0.4) is 0 Å². The Morgan fingerprint density at radius 2 is 1.69 bits per heavy atom. The van der Waals surface area contributed by atoms with Gasteiger partial charge in [0, 0.05) is 31.6 Å². The zero-order chi connectivity index (χ0) is 22.5.